The Morgan fingerprint density at radius 3 is 2.42 bits per heavy atom. The van der Waals surface area contributed by atoms with Crippen molar-refractivity contribution >= 4 is 28.8 Å². The van der Waals surface area contributed by atoms with E-state index in [0.717, 1.165) is 59.8 Å². The number of likely N-dealkylation sites (N-methyl/N-ethyl adjacent to an activating group) is 1. The highest BCUT2D eigenvalue weighted by Crippen LogP contribution is 2.34. The molecule has 0 atom stereocenters. The topological polar surface area (TPSA) is 62.7 Å². The molecule has 0 saturated carbocycles. The number of halogens is 1. The lowest BCUT2D eigenvalue weighted by molar-refractivity contribution is 0.313. The molecule has 0 amide bonds. The second-order valence-corrected chi connectivity index (χ2v) is 8.54. The van der Waals surface area contributed by atoms with Crippen LogP contribution in [0.4, 0.5) is 11.5 Å². The van der Waals surface area contributed by atoms with Crippen LogP contribution >= 0.6 is 11.6 Å². The van der Waals surface area contributed by atoms with E-state index in [0.29, 0.717) is 10.8 Å². The number of benzene rings is 2. The number of nitrogens with two attached hydrogens (primary N) is 1. The number of rotatable bonds is 3. The van der Waals surface area contributed by atoms with E-state index >= 15 is 0 Å². The summed E-state index contributed by atoms with van der Waals surface area (Å²) < 4.78 is 1.72. The molecule has 1 saturated heterocycles. The van der Waals surface area contributed by atoms with Gasteiger partial charge < -0.3 is 15.5 Å². The quantitative estimate of drug-likeness (QED) is 0.521. The van der Waals surface area contributed by atoms with Gasteiger partial charge in [0.25, 0.3) is 0 Å². The molecule has 31 heavy (non-hydrogen) atoms. The number of nitrogens with zero attached hydrogens (tertiary/aromatic N) is 5. The van der Waals surface area contributed by atoms with Crippen molar-refractivity contribution in [2.45, 2.75) is 6.92 Å². The SMILES string of the molecule is Cc1nc2c(-c3ccc(N4CCN(C)CC4)cc3)cnn2c(N)c1-c1cccc(Cl)c1. The predicted molar refractivity (Wildman–Crippen MR) is 128 cm³/mol. The highest BCUT2D eigenvalue weighted by atomic mass is 35.5. The summed E-state index contributed by atoms with van der Waals surface area (Å²) in [4.78, 5) is 9.65. The number of aryl methyl sites for hydroxylation is 1. The van der Waals surface area contributed by atoms with Gasteiger partial charge in [0.1, 0.15) is 5.82 Å². The normalized spacial score (nSPS) is 15.0. The van der Waals surface area contributed by atoms with E-state index in [-0.39, 0.29) is 0 Å². The molecule has 0 unspecified atom stereocenters. The Labute approximate surface area is 186 Å². The molecule has 5 rings (SSSR count). The van der Waals surface area contributed by atoms with Gasteiger partial charge in [0.15, 0.2) is 5.65 Å². The van der Waals surface area contributed by atoms with Crippen molar-refractivity contribution in [1.29, 1.82) is 0 Å². The maximum Gasteiger partial charge on any atom is 0.165 e. The Morgan fingerprint density at radius 2 is 1.71 bits per heavy atom. The minimum Gasteiger partial charge on any atom is -0.383 e. The summed E-state index contributed by atoms with van der Waals surface area (Å²) in [5.74, 6) is 0.560. The fourth-order valence-corrected chi connectivity index (χ4v) is 4.44. The van der Waals surface area contributed by atoms with Gasteiger partial charge in [0, 0.05) is 48.0 Å². The molecule has 0 radical (unpaired) electrons. The van der Waals surface area contributed by atoms with Gasteiger partial charge in [0.2, 0.25) is 0 Å². The van der Waals surface area contributed by atoms with Gasteiger partial charge in [-0.1, -0.05) is 35.9 Å². The lowest BCUT2D eigenvalue weighted by atomic mass is 10.0. The van der Waals surface area contributed by atoms with Crippen LogP contribution < -0.4 is 10.6 Å². The van der Waals surface area contributed by atoms with E-state index in [4.69, 9.17) is 22.3 Å². The minimum atomic E-state index is 0.560. The smallest absolute Gasteiger partial charge is 0.165 e. The molecule has 6 nitrogen and oxygen atoms in total. The van der Waals surface area contributed by atoms with Crippen LogP contribution in [0, 0.1) is 6.92 Å². The third-order valence-electron chi connectivity index (χ3n) is 6.02. The molecule has 1 aliphatic rings. The Kier molecular flexibility index (Phi) is 5.04. The average Bonchev–Trinajstić information content (AvgIpc) is 3.18. The van der Waals surface area contributed by atoms with E-state index in [2.05, 4.69) is 46.2 Å². The molecule has 7 heteroatoms. The molecule has 158 valence electrons. The van der Waals surface area contributed by atoms with Crippen molar-refractivity contribution in [2.24, 2.45) is 0 Å². The van der Waals surface area contributed by atoms with Gasteiger partial charge in [-0.25, -0.2) is 4.98 Å². The first-order valence-electron chi connectivity index (χ1n) is 10.4. The molecular formula is C24H25ClN6. The second kappa shape index (κ2) is 7.87. The number of fused-ring (bicyclic) bond motifs is 1. The lowest BCUT2D eigenvalue weighted by Gasteiger charge is -2.34. The van der Waals surface area contributed by atoms with Crippen LogP contribution in [0.1, 0.15) is 5.69 Å². The summed E-state index contributed by atoms with van der Waals surface area (Å²) in [6.07, 6.45) is 1.84. The van der Waals surface area contributed by atoms with Crippen LogP contribution in [0.3, 0.4) is 0 Å². The van der Waals surface area contributed by atoms with Crippen molar-refractivity contribution < 1.29 is 0 Å². The molecule has 2 aromatic heterocycles. The van der Waals surface area contributed by atoms with Crippen LogP contribution in [0.25, 0.3) is 27.9 Å². The molecule has 1 fully saturated rings. The zero-order chi connectivity index (χ0) is 21.5. The number of nitrogen functional groups attached to an aromatic ring is 1. The van der Waals surface area contributed by atoms with Crippen LogP contribution in [0.15, 0.2) is 54.7 Å². The number of aromatic nitrogens is 3. The van der Waals surface area contributed by atoms with E-state index in [1.807, 2.05) is 37.4 Å². The standard InChI is InChI=1S/C24H25ClN6/c1-16-22(18-4-3-5-19(25)14-18)23(26)31-24(28-16)21(15-27-31)17-6-8-20(9-7-17)30-12-10-29(2)11-13-30/h3-9,14-15H,10-13,26H2,1-2H3. The maximum atomic E-state index is 6.53. The summed E-state index contributed by atoms with van der Waals surface area (Å²) in [5.41, 5.74) is 13.2. The summed E-state index contributed by atoms with van der Waals surface area (Å²) in [6, 6.07) is 16.3. The number of hydrogen-bond acceptors (Lipinski definition) is 5. The van der Waals surface area contributed by atoms with Crippen molar-refractivity contribution in [3.05, 3.63) is 65.4 Å². The molecule has 0 spiro atoms. The number of hydrogen-bond donors (Lipinski definition) is 1. The van der Waals surface area contributed by atoms with Gasteiger partial charge in [-0.2, -0.15) is 9.61 Å². The average molecular weight is 433 g/mol. The Morgan fingerprint density at radius 1 is 0.968 bits per heavy atom. The number of piperazine rings is 1. The van der Waals surface area contributed by atoms with Crippen LogP contribution in [0.5, 0.6) is 0 Å². The molecular weight excluding hydrogens is 408 g/mol. The first-order valence-corrected chi connectivity index (χ1v) is 10.8. The summed E-state index contributed by atoms with van der Waals surface area (Å²) in [5, 5.41) is 5.21. The summed E-state index contributed by atoms with van der Waals surface area (Å²) in [6.45, 7) is 6.26. The predicted octanol–water partition coefficient (Wildman–Crippen LogP) is 4.36. The molecule has 2 N–H and O–H groups in total. The van der Waals surface area contributed by atoms with Gasteiger partial charge in [-0.15, -0.1) is 0 Å². The van der Waals surface area contributed by atoms with Crippen LogP contribution in [-0.2, 0) is 0 Å². The van der Waals surface area contributed by atoms with Gasteiger partial charge >= 0.3 is 0 Å². The van der Waals surface area contributed by atoms with Gasteiger partial charge in [-0.05, 0) is 49.4 Å². The van der Waals surface area contributed by atoms with E-state index in [1.54, 1.807) is 4.52 Å². The lowest BCUT2D eigenvalue weighted by Crippen LogP contribution is -2.44. The van der Waals surface area contributed by atoms with Crippen molar-refractivity contribution in [2.75, 3.05) is 43.9 Å². The third-order valence-corrected chi connectivity index (χ3v) is 6.26. The zero-order valence-corrected chi connectivity index (χ0v) is 18.5. The molecule has 4 aromatic rings. The summed E-state index contributed by atoms with van der Waals surface area (Å²) in [7, 11) is 2.17. The van der Waals surface area contributed by atoms with Crippen molar-refractivity contribution in [1.82, 2.24) is 19.5 Å². The molecule has 0 aliphatic carbocycles. The third kappa shape index (κ3) is 3.62. The van der Waals surface area contributed by atoms with Crippen molar-refractivity contribution in [3.63, 3.8) is 0 Å². The number of anilines is 2. The van der Waals surface area contributed by atoms with Gasteiger partial charge in [0.05, 0.1) is 11.9 Å². The first-order chi connectivity index (χ1) is 15.0. The maximum absolute atomic E-state index is 6.53. The fourth-order valence-electron chi connectivity index (χ4n) is 4.25. The molecule has 0 bridgehead atoms. The van der Waals surface area contributed by atoms with E-state index < -0.39 is 0 Å². The highest BCUT2D eigenvalue weighted by Gasteiger charge is 2.18. The second-order valence-electron chi connectivity index (χ2n) is 8.10. The zero-order valence-electron chi connectivity index (χ0n) is 17.7. The Balaban J connectivity index is 1.51. The fraction of sp³-hybridized carbons (Fsp3) is 0.250. The molecule has 1 aliphatic heterocycles. The van der Waals surface area contributed by atoms with E-state index in [9.17, 15) is 0 Å². The highest BCUT2D eigenvalue weighted by molar-refractivity contribution is 6.30. The van der Waals surface area contributed by atoms with Crippen LogP contribution in [-0.4, -0.2) is 52.7 Å². The van der Waals surface area contributed by atoms with Crippen LogP contribution in [0.2, 0.25) is 5.02 Å². The Bertz CT molecular complexity index is 1240. The summed E-state index contributed by atoms with van der Waals surface area (Å²) >= 11 is 6.19. The van der Waals surface area contributed by atoms with Crippen molar-refractivity contribution in [3.8, 4) is 22.3 Å². The first kappa shape index (κ1) is 19.8. The molecule has 2 aromatic carbocycles. The van der Waals surface area contributed by atoms with Gasteiger partial charge in [-0.3, -0.25) is 0 Å². The molecule has 3 heterocycles. The van der Waals surface area contributed by atoms with E-state index in [1.165, 1.54) is 5.69 Å². The largest absolute Gasteiger partial charge is 0.383 e. The Hall–Kier alpha value is -3.09. The minimum absolute atomic E-state index is 0.560. The monoisotopic (exact) mass is 432 g/mol.